The first-order valence-corrected chi connectivity index (χ1v) is 19.6. The molecule has 52 heavy (non-hydrogen) atoms. The molecule has 8 rings (SSSR count). The van der Waals surface area contributed by atoms with Crippen LogP contribution in [0, 0.1) is 11.8 Å². The van der Waals surface area contributed by atoms with Crippen LogP contribution in [0.25, 0.3) is 0 Å². The van der Waals surface area contributed by atoms with E-state index in [0.29, 0.717) is 54.9 Å². The number of nitrogens with one attached hydrogen (secondary N) is 1. The first-order chi connectivity index (χ1) is 25.1. The number of rotatable bonds is 11. The number of halogens is 1. The number of nitrogens with zero attached hydrogens (tertiary/aromatic N) is 2. The number of fused-ring (bicyclic) bond motifs is 4. The van der Waals surface area contributed by atoms with Gasteiger partial charge in [0.15, 0.2) is 11.5 Å². The average Bonchev–Trinajstić information content (AvgIpc) is 3.39. The Kier molecular flexibility index (Phi) is 9.81. The summed E-state index contributed by atoms with van der Waals surface area (Å²) in [5.41, 5.74) is 4.54. The van der Waals surface area contributed by atoms with Crippen LogP contribution in [0.4, 0.5) is 5.69 Å². The zero-order chi connectivity index (χ0) is 36.0. The molecule has 1 saturated carbocycles. The van der Waals surface area contributed by atoms with E-state index in [4.69, 9.17) is 30.5 Å². The molecule has 2 N–H and O–H groups in total. The number of ether oxygens (including phenoxy) is 4. The SMILES string of the molecule is COC1CN(C[C@H]2COc3cc4c(cc3O2)C2(CCC(Nc3cccc(Cl)c3)(C(=O)O)CC2)[C@@H](C[C@@H](C)COc2ccnc3c2[C@H](C)CCC3)C4)C1. The Morgan fingerprint density at radius 1 is 1.15 bits per heavy atom. The van der Waals surface area contributed by atoms with Crippen molar-refractivity contribution in [3.8, 4) is 17.2 Å². The normalized spacial score (nSPS) is 28.8. The Morgan fingerprint density at radius 2 is 1.98 bits per heavy atom. The Bertz CT molecular complexity index is 1790. The maximum absolute atomic E-state index is 13.0. The highest BCUT2D eigenvalue weighted by Gasteiger charge is 2.54. The van der Waals surface area contributed by atoms with Crippen molar-refractivity contribution in [2.75, 3.05) is 45.3 Å². The predicted octanol–water partition coefficient (Wildman–Crippen LogP) is 7.67. The number of aromatic nitrogens is 1. The quantitative estimate of drug-likeness (QED) is 0.206. The fourth-order valence-corrected chi connectivity index (χ4v) is 10.1. The molecule has 5 aliphatic rings. The highest BCUT2D eigenvalue weighted by atomic mass is 35.5. The highest BCUT2D eigenvalue weighted by molar-refractivity contribution is 6.30. The zero-order valence-corrected chi connectivity index (χ0v) is 31.4. The van der Waals surface area contributed by atoms with E-state index in [2.05, 4.69) is 41.2 Å². The summed E-state index contributed by atoms with van der Waals surface area (Å²) in [5, 5.41) is 14.7. The first-order valence-electron chi connectivity index (χ1n) is 19.2. The van der Waals surface area contributed by atoms with E-state index in [1.54, 1.807) is 7.11 Å². The molecule has 2 fully saturated rings. The molecule has 3 heterocycles. The van der Waals surface area contributed by atoms with Crippen LogP contribution in [-0.2, 0) is 27.8 Å². The Hall–Kier alpha value is -3.53. The van der Waals surface area contributed by atoms with Gasteiger partial charge in [0.05, 0.1) is 12.7 Å². The Morgan fingerprint density at radius 3 is 2.75 bits per heavy atom. The van der Waals surface area contributed by atoms with Gasteiger partial charge in [-0.3, -0.25) is 9.88 Å². The van der Waals surface area contributed by atoms with Crippen LogP contribution >= 0.6 is 11.6 Å². The fraction of sp³-hybridized carbons (Fsp3) is 0.571. The van der Waals surface area contributed by atoms with Crippen molar-refractivity contribution >= 4 is 23.3 Å². The largest absolute Gasteiger partial charge is 0.493 e. The second kappa shape index (κ2) is 14.4. The molecule has 278 valence electrons. The number of carbonyl (C=O) groups is 1. The lowest BCUT2D eigenvalue weighted by atomic mass is 9.59. The first kappa shape index (κ1) is 35.5. The standard InChI is InChI=1S/C42H52ClN3O6/c1-26(24-50-36-10-15-44-35-9-4-6-27(2)39(35)36)16-29-17-28-18-37-38(52-33(25-51-37)23-46-21-32(22-46)49-3)20-34(28)41(29)11-13-42(14-12-41,40(47)48)45-31-8-5-7-30(43)19-31/h5,7-8,10,15,18-20,26-27,29,32-33,45H,4,6,9,11-14,16-17,21-25H2,1-3H3,(H,47,48)/t26-,27-,29+,33+,41?,42?/m1/s1. The van der Waals surface area contributed by atoms with Crippen LogP contribution in [0.3, 0.4) is 0 Å². The molecule has 3 aromatic rings. The third kappa shape index (κ3) is 6.73. The van der Waals surface area contributed by atoms with Crippen LogP contribution in [0.5, 0.6) is 17.2 Å². The number of carboxylic acids is 1. The van der Waals surface area contributed by atoms with Gasteiger partial charge in [-0.2, -0.15) is 0 Å². The number of anilines is 1. The van der Waals surface area contributed by atoms with Crippen LogP contribution in [0.1, 0.15) is 87.1 Å². The van der Waals surface area contributed by atoms with E-state index in [9.17, 15) is 9.90 Å². The minimum atomic E-state index is -1.08. The molecule has 0 bridgehead atoms. The fourth-order valence-electron chi connectivity index (χ4n) is 9.91. The van der Waals surface area contributed by atoms with Crippen molar-refractivity contribution in [1.29, 1.82) is 0 Å². The van der Waals surface area contributed by atoms with Crippen molar-refractivity contribution in [1.82, 2.24) is 9.88 Å². The van der Waals surface area contributed by atoms with E-state index in [-0.39, 0.29) is 11.5 Å². The molecule has 1 aromatic heterocycles. The molecule has 3 aliphatic carbocycles. The van der Waals surface area contributed by atoms with E-state index < -0.39 is 11.5 Å². The summed E-state index contributed by atoms with van der Waals surface area (Å²) in [5.74, 6) is 2.87. The second-order valence-corrected chi connectivity index (χ2v) is 16.7. The zero-order valence-electron chi connectivity index (χ0n) is 30.7. The van der Waals surface area contributed by atoms with Crippen LogP contribution in [0.2, 0.25) is 5.02 Å². The summed E-state index contributed by atoms with van der Waals surface area (Å²) in [4.78, 5) is 20.1. The molecule has 1 saturated heterocycles. The topological polar surface area (TPSA) is 102 Å². The summed E-state index contributed by atoms with van der Waals surface area (Å²) in [7, 11) is 1.77. The van der Waals surface area contributed by atoms with Gasteiger partial charge in [0.25, 0.3) is 0 Å². The third-order valence-corrected chi connectivity index (χ3v) is 13.0. The summed E-state index contributed by atoms with van der Waals surface area (Å²) in [6.45, 7) is 8.37. The molecule has 4 atom stereocenters. The molecule has 2 aromatic carbocycles. The highest BCUT2D eigenvalue weighted by Crippen LogP contribution is 2.58. The van der Waals surface area contributed by atoms with Crippen molar-refractivity contribution in [3.63, 3.8) is 0 Å². The number of pyridine rings is 1. The van der Waals surface area contributed by atoms with Gasteiger partial charge in [-0.05, 0) is 128 Å². The molecule has 9 nitrogen and oxygen atoms in total. The summed E-state index contributed by atoms with van der Waals surface area (Å²) >= 11 is 6.31. The molecule has 0 unspecified atom stereocenters. The number of methoxy groups -OCH3 is 1. The lowest BCUT2D eigenvalue weighted by molar-refractivity contribution is -0.144. The van der Waals surface area contributed by atoms with Crippen molar-refractivity contribution in [3.05, 3.63) is 76.1 Å². The van der Waals surface area contributed by atoms with Gasteiger partial charge in [-0.1, -0.05) is 31.5 Å². The Labute approximate surface area is 312 Å². The maximum atomic E-state index is 13.0. The van der Waals surface area contributed by atoms with Gasteiger partial charge >= 0.3 is 5.97 Å². The van der Waals surface area contributed by atoms with Gasteiger partial charge in [0, 0.05) is 54.9 Å². The number of aliphatic carboxylic acids is 1. The monoisotopic (exact) mass is 729 g/mol. The molecule has 1 spiro atoms. The minimum absolute atomic E-state index is 0.0526. The predicted molar refractivity (Wildman–Crippen MR) is 201 cm³/mol. The number of hydrogen-bond donors (Lipinski definition) is 2. The number of aryl methyl sites for hydroxylation is 1. The molecular formula is C42H52ClN3O6. The smallest absolute Gasteiger partial charge is 0.329 e. The maximum Gasteiger partial charge on any atom is 0.329 e. The van der Waals surface area contributed by atoms with Crippen LogP contribution in [0.15, 0.2) is 48.7 Å². The van der Waals surface area contributed by atoms with E-state index in [1.807, 2.05) is 36.5 Å². The third-order valence-electron chi connectivity index (χ3n) is 12.8. The second-order valence-electron chi connectivity index (χ2n) is 16.3. The van der Waals surface area contributed by atoms with Gasteiger partial charge in [-0.25, -0.2) is 4.79 Å². The summed E-state index contributed by atoms with van der Waals surface area (Å²) in [6.07, 6.45) is 9.91. The van der Waals surface area contributed by atoms with Crippen molar-refractivity contribution in [2.45, 2.75) is 101 Å². The number of likely N-dealkylation sites (tertiary alicyclic amines) is 1. The number of carboxylic acid groups (broad SMARTS) is 1. The van der Waals surface area contributed by atoms with Crippen LogP contribution in [-0.4, -0.2) is 78.7 Å². The van der Waals surface area contributed by atoms with Crippen molar-refractivity contribution in [2.24, 2.45) is 11.8 Å². The average molecular weight is 730 g/mol. The molecule has 0 amide bonds. The summed E-state index contributed by atoms with van der Waals surface area (Å²) < 4.78 is 25.1. The van der Waals surface area contributed by atoms with Crippen LogP contribution < -0.4 is 19.5 Å². The molecule has 2 aliphatic heterocycles. The lowest BCUT2D eigenvalue weighted by Crippen LogP contribution is -2.55. The summed E-state index contributed by atoms with van der Waals surface area (Å²) in [6, 6.07) is 13.9. The van der Waals surface area contributed by atoms with E-state index >= 15 is 0 Å². The van der Waals surface area contributed by atoms with Gasteiger partial charge < -0.3 is 29.4 Å². The van der Waals surface area contributed by atoms with E-state index in [1.165, 1.54) is 35.2 Å². The minimum Gasteiger partial charge on any atom is -0.493 e. The van der Waals surface area contributed by atoms with Gasteiger partial charge in [0.2, 0.25) is 0 Å². The van der Waals surface area contributed by atoms with Gasteiger partial charge in [-0.15, -0.1) is 0 Å². The van der Waals surface area contributed by atoms with E-state index in [0.717, 1.165) is 74.7 Å². The lowest BCUT2D eigenvalue weighted by Gasteiger charge is -2.47. The van der Waals surface area contributed by atoms with Crippen molar-refractivity contribution < 1.29 is 28.8 Å². The molecule has 0 radical (unpaired) electrons. The molecule has 10 heteroatoms. The number of hydrogen-bond acceptors (Lipinski definition) is 8. The Balaban J connectivity index is 1.04. The number of benzene rings is 2. The molecular weight excluding hydrogens is 678 g/mol. The van der Waals surface area contributed by atoms with Gasteiger partial charge in [0.1, 0.15) is 24.0 Å².